The lowest BCUT2D eigenvalue weighted by Gasteiger charge is -2.26. The largest absolute Gasteiger partial charge is 0.379 e. The fraction of sp³-hybridized carbons (Fsp3) is 0.300. The van der Waals surface area contributed by atoms with Crippen molar-refractivity contribution in [2.45, 2.75) is 6.54 Å². The normalized spacial score (nSPS) is 15.9. The number of nitrogens with zero attached hydrogens (tertiary/aromatic N) is 4. The maximum Gasteiger partial charge on any atom is 0.162 e. The first-order chi connectivity index (χ1) is 12.8. The summed E-state index contributed by atoms with van der Waals surface area (Å²) in [6.45, 7) is 4.59. The molecule has 0 atom stereocenters. The van der Waals surface area contributed by atoms with Crippen molar-refractivity contribution < 1.29 is 4.74 Å². The summed E-state index contributed by atoms with van der Waals surface area (Å²) < 4.78 is 7.45. The lowest BCUT2D eigenvalue weighted by Crippen LogP contribution is -2.35. The van der Waals surface area contributed by atoms with E-state index in [2.05, 4.69) is 45.3 Å². The molecule has 5 rings (SSSR count). The van der Waals surface area contributed by atoms with Crippen LogP contribution in [0.3, 0.4) is 0 Å². The quantitative estimate of drug-likeness (QED) is 0.619. The third-order valence-electron chi connectivity index (χ3n) is 5.08. The van der Waals surface area contributed by atoms with Crippen molar-refractivity contribution in [3.63, 3.8) is 0 Å². The van der Waals surface area contributed by atoms with Crippen molar-refractivity contribution in [3.05, 3.63) is 48.3 Å². The van der Waals surface area contributed by atoms with Crippen molar-refractivity contribution in [2.24, 2.45) is 7.05 Å². The number of benzene rings is 1. The van der Waals surface area contributed by atoms with Crippen LogP contribution < -0.4 is 0 Å². The molecule has 0 amide bonds. The molecule has 0 saturated carbocycles. The van der Waals surface area contributed by atoms with Gasteiger partial charge in [0.2, 0.25) is 0 Å². The summed E-state index contributed by atoms with van der Waals surface area (Å²) in [4.78, 5) is 11.7. The van der Waals surface area contributed by atoms with Crippen LogP contribution in [0.1, 0.15) is 5.56 Å². The fourth-order valence-corrected chi connectivity index (χ4v) is 3.73. The van der Waals surface area contributed by atoms with Gasteiger partial charge in [-0.3, -0.25) is 9.58 Å². The predicted molar refractivity (Wildman–Crippen MR) is 102 cm³/mol. The first kappa shape index (κ1) is 15.5. The van der Waals surface area contributed by atoms with Crippen molar-refractivity contribution in [3.8, 4) is 11.3 Å². The number of fused-ring (bicyclic) bond motifs is 3. The van der Waals surface area contributed by atoms with Crippen molar-refractivity contribution in [2.75, 3.05) is 26.3 Å². The number of nitrogens with one attached hydrogen (secondary N) is 1. The van der Waals surface area contributed by atoms with Gasteiger partial charge in [0.15, 0.2) is 5.65 Å². The van der Waals surface area contributed by atoms with Gasteiger partial charge in [0.05, 0.1) is 24.4 Å². The maximum atomic E-state index is 5.44. The lowest BCUT2D eigenvalue weighted by molar-refractivity contribution is 0.0342. The minimum absolute atomic E-state index is 0.793. The van der Waals surface area contributed by atoms with Gasteiger partial charge in [-0.2, -0.15) is 0 Å². The summed E-state index contributed by atoms with van der Waals surface area (Å²) in [6.07, 6.45) is 3.84. The Kier molecular flexibility index (Phi) is 3.72. The van der Waals surface area contributed by atoms with Crippen LogP contribution in [0.5, 0.6) is 0 Å². The Morgan fingerprint density at radius 2 is 2.08 bits per heavy atom. The van der Waals surface area contributed by atoms with Gasteiger partial charge in [-0.1, -0.05) is 18.2 Å². The molecule has 3 aromatic heterocycles. The number of aromatic nitrogens is 4. The molecule has 0 radical (unpaired) electrons. The van der Waals surface area contributed by atoms with Crippen LogP contribution in [0.4, 0.5) is 0 Å². The molecule has 0 unspecified atom stereocenters. The molecule has 26 heavy (non-hydrogen) atoms. The number of morpholine rings is 1. The molecule has 1 N–H and O–H groups in total. The molecule has 132 valence electrons. The van der Waals surface area contributed by atoms with Gasteiger partial charge in [0.25, 0.3) is 0 Å². The molecule has 0 spiro atoms. The Balaban J connectivity index is 1.52. The second-order valence-corrected chi connectivity index (χ2v) is 6.86. The SMILES string of the molecule is Cn1[nH]cc2cnc3nc(-c4cccc(CN5CCOCC5)c4)cc3c21. The van der Waals surface area contributed by atoms with Crippen LogP contribution in [0.25, 0.3) is 33.2 Å². The second kappa shape index (κ2) is 6.23. The minimum Gasteiger partial charge on any atom is -0.379 e. The van der Waals surface area contributed by atoms with Gasteiger partial charge in [-0.25, -0.2) is 9.97 Å². The smallest absolute Gasteiger partial charge is 0.162 e. The van der Waals surface area contributed by atoms with E-state index in [1.807, 2.05) is 24.1 Å². The van der Waals surface area contributed by atoms with Crippen molar-refractivity contribution in [1.82, 2.24) is 24.6 Å². The highest BCUT2D eigenvalue weighted by Crippen LogP contribution is 2.29. The van der Waals surface area contributed by atoms with Gasteiger partial charge in [-0.05, 0) is 17.7 Å². The highest BCUT2D eigenvalue weighted by Gasteiger charge is 2.14. The summed E-state index contributed by atoms with van der Waals surface area (Å²) in [5, 5.41) is 5.39. The summed E-state index contributed by atoms with van der Waals surface area (Å²) in [5.41, 5.74) is 5.35. The van der Waals surface area contributed by atoms with E-state index >= 15 is 0 Å². The molecule has 0 bridgehead atoms. The van der Waals surface area contributed by atoms with Gasteiger partial charge in [-0.15, -0.1) is 0 Å². The Labute approximate surface area is 151 Å². The molecule has 4 heterocycles. The van der Waals surface area contributed by atoms with Crippen molar-refractivity contribution in [1.29, 1.82) is 0 Å². The van der Waals surface area contributed by atoms with E-state index in [-0.39, 0.29) is 0 Å². The van der Waals surface area contributed by atoms with Crippen molar-refractivity contribution >= 4 is 21.9 Å². The molecule has 6 heteroatoms. The van der Waals surface area contributed by atoms with E-state index in [9.17, 15) is 0 Å². The lowest BCUT2D eigenvalue weighted by atomic mass is 10.1. The Bertz CT molecular complexity index is 1070. The number of ether oxygens (including phenoxy) is 1. The zero-order chi connectivity index (χ0) is 17.5. The fourth-order valence-electron chi connectivity index (χ4n) is 3.73. The summed E-state index contributed by atoms with van der Waals surface area (Å²) in [7, 11) is 2.01. The summed E-state index contributed by atoms with van der Waals surface area (Å²) in [5.74, 6) is 0. The van der Waals surface area contributed by atoms with E-state index in [1.54, 1.807) is 0 Å². The molecule has 6 nitrogen and oxygen atoms in total. The van der Waals surface area contributed by atoms with Crippen LogP contribution in [0.2, 0.25) is 0 Å². The summed E-state index contributed by atoms with van der Waals surface area (Å²) >= 11 is 0. The predicted octanol–water partition coefficient (Wildman–Crippen LogP) is 2.95. The summed E-state index contributed by atoms with van der Waals surface area (Å²) in [6, 6.07) is 10.8. The molecule has 1 aliphatic rings. The zero-order valence-electron chi connectivity index (χ0n) is 14.8. The van der Waals surface area contributed by atoms with E-state index in [0.29, 0.717) is 0 Å². The average Bonchev–Trinajstić information content (AvgIpc) is 3.26. The first-order valence-electron chi connectivity index (χ1n) is 8.97. The van der Waals surface area contributed by atoms with E-state index in [4.69, 9.17) is 9.72 Å². The highest BCUT2D eigenvalue weighted by molar-refractivity contribution is 6.04. The van der Waals surface area contributed by atoms with Gasteiger partial charge in [0.1, 0.15) is 0 Å². The molecular weight excluding hydrogens is 326 g/mol. The molecule has 4 aromatic rings. The molecular formula is C20H21N5O. The Morgan fingerprint density at radius 1 is 1.19 bits per heavy atom. The third-order valence-corrected chi connectivity index (χ3v) is 5.08. The molecule has 0 aliphatic carbocycles. The topological polar surface area (TPSA) is 59.0 Å². The van der Waals surface area contributed by atoms with E-state index in [0.717, 1.165) is 66.0 Å². The van der Waals surface area contributed by atoms with Crippen LogP contribution in [0, 0.1) is 0 Å². The zero-order valence-corrected chi connectivity index (χ0v) is 14.8. The number of rotatable bonds is 3. The van der Waals surface area contributed by atoms with Crippen LogP contribution >= 0.6 is 0 Å². The second-order valence-electron chi connectivity index (χ2n) is 6.86. The Hall–Kier alpha value is -2.70. The monoisotopic (exact) mass is 347 g/mol. The van der Waals surface area contributed by atoms with Gasteiger partial charge >= 0.3 is 0 Å². The standard InChI is InChI=1S/C20H21N5O/c1-24-19-16(12-22-24)11-21-20-17(19)10-18(23-20)15-4-2-3-14(9-15)13-25-5-7-26-8-6-25/h2-4,9-12,22H,5-8,13H2,1H3. The highest BCUT2D eigenvalue weighted by atomic mass is 16.5. The maximum absolute atomic E-state index is 5.44. The number of hydrogen-bond donors (Lipinski definition) is 1. The minimum atomic E-state index is 0.793. The molecule has 1 aliphatic heterocycles. The number of H-pyrrole nitrogens is 1. The number of aryl methyl sites for hydroxylation is 1. The van der Waals surface area contributed by atoms with Gasteiger partial charge in [0, 0.05) is 55.4 Å². The van der Waals surface area contributed by atoms with Crippen LogP contribution in [-0.4, -0.2) is 51.0 Å². The average molecular weight is 347 g/mol. The van der Waals surface area contributed by atoms with E-state index in [1.165, 1.54) is 5.56 Å². The molecule has 1 fully saturated rings. The molecule has 1 aromatic carbocycles. The van der Waals surface area contributed by atoms with E-state index < -0.39 is 0 Å². The van der Waals surface area contributed by atoms with Crippen LogP contribution in [-0.2, 0) is 18.3 Å². The van der Waals surface area contributed by atoms with Gasteiger partial charge < -0.3 is 9.84 Å². The first-order valence-corrected chi connectivity index (χ1v) is 8.97. The number of hydrogen-bond acceptors (Lipinski definition) is 4. The number of aromatic amines is 1. The third kappa shape index (κ3) is 2.67. The Morgan fingerprint density at radius 3 is 2.96 bits per heavy atom. The van der Waals surface area contributed by atoms with Crippen LogP contribution in [0.15, 0.2) is 42.7 Å². The number of pyridine rings is 1. The molecule has 1 saturated heterocycles.